The molecule has 2 heterocycles. The lowest BCUT2D eigenvalue weighted by Gasteiger charge is -2.41. The van der Waals surface area contributed by atoms with E-state index < -0.39 is 0 Å². The second-order valence-corrected chi connectivity index (χ2v) is 5.86. The van der Waals surface area contributed by atoms with Gasteiger partial charge in [0.25, 0.3) is 0 Å². The van der Waals surface area contributed by atoms with Gasteiger partial charge in [0.05, 0.1) is 7.11 Å². The molecule has 20 heavy (non-hydrogen) atoms. The van der Waals surface area contributed by atoms with E-state index in [4.69, 9.17) is 10.5 Å². The Morgan fingerprint density at radius 2 is 2.25 bits per heavy atom. The number of methoxy groups -OCH3 is 1. The molecule has 2 aliphatic rings. The van der Waals surface area contributed by atoms with Gasteiger partial charge in [-0.1, -0.05) is 12.1 Å². The molecule has 3 rings (SSSR count). The fourth-order valence-corrected chi connectivity index (χ4v) is 3.64. The molecule has 2 aliphatic heterocycles. The molecule has 4 heteroatoms. The fourth-order valence-electron chi connectivity index (χ4n) is 3.64. The Morgan fingerprint density at radius 3 is 3.05 bits per heavy atom. The van der Waals surface area contributed by atoms with Crippen LogP contribution in [-0.2, 0) is 0 Å². The average molecular weight is 275 g/mol. The van der Waals surface area contributed by atoms with E-state index in [-0.39, 0.29) is 0 Å². The molecule has 0 aromatic heterocycles. The zero-order valence-corrected chi connectivity index (χ0v) is 12.3. The molecule has 4 nitrogen and oxygen atoms in total. The van der Waals surface area contributed by atoms with Crippen molar-refractivity contribution in [2.45, 2.75) is 24.9 Å². The number of fused-ring (bicyclic) bond motifs is 1. The third-order valence-electron chi connectivity index (χ3n) is 4.76. The van der Waals surface area contributed by atoms with Gasteiger partial charge in [-0.05, 0) is 37.1 Å². The number of nitrogens with zero attached hydrogens (tertiary/aromatic N) is 2. The van der Waals surface area contributed by atoms with Gasteiger partial charge in [0, 0.05) is 38.3 Å². The van der Waals surface area contributed by atoms with Gasteiger partial charge in [0.1, 0.15) is 5.75 Å². The first-order valence-electron chi connectivity index (χ1n) is 7.64. The molecule has 0 spiro atoms. The molecule has 2 unspecified atom stereocenters. The summed E-state index contributed by atoms with van der Waals surface area (Å²) in [5.74, 6) is 0.917. The maximum Gasteiger partial charge on any atom is 0.119 e. The van der Waals surface area contributed by atoms with Crippen LogP contribution in [0.25, 0.3) is 0 Å². The van der Waals surface area contributed by atoms with Gasteiger partial charge in [0.15, 0.2) is 0 Å². The van der Waals surface area contributed by atoms with Crippen LogP contribution in [0.2, 0.25) is 0 Å². The van der Waals surface area contributed by atoms with E-state index in [9.17, 15) is 0 Å². The number of benzene rings is 1. The third kappa shape index (κ3) is 2.68. The molecular weight excluding hydrogens is 250 g/mol. The normalized spacial score (nSPS) is 25.4. The monoisotopic (exact) mass is 275 g/mol. The number of hydrogen-bond acceptors (Lipinski definition) is 4. The highest BCUT2D eigenvalue weighted by molar-refractivity contribution is 5.31. The van der Waals surface area contributed by atoms with Gasteiger partial charge >= 0.3 is 0 Å². The molecule has 0 saturated carbocycles. The van der Waals surface area contributed by atoms with Crippen LogP contribution < -0.4 is 10.5 Å². The van der Waals surface area contributed by atoms with Crippen molar-refractivity contribution >= 4 is 0 Å². The maximum absolute atomic E-state index is 6.07. The van der Waals surface area contributed by atoms with Gasteiger partial charge < -0.3 is 10.5 Å². The lowest BCUT2D eigenvalue weighted by atomic mass is 10.0. The number of hydrogen-bond donors (Lipinski definition) is 1. The van der Waals surface area contributed by atoms with E-state index in [1.807, 2.05) is 6.07 Å². The summed E-state index contributed by atoms with van der Waals surface area (Å²) in [7, 11) is 1.72. The van der Waals surface area contributed by atoms with Crippen LogP contribution in [0.3, 0.4) is 0 Å². The van der Waals surface area contributed by atoms with Crippen LogP contribution in [0.15, 0.2) is 24.3 Å². The summed E-state index contributed by atoms with van der Waals surface area (Å²) in [4.78, 5) is 5.19. The van der Waals surface area contributed by atoms with Crippen LogP contribution in [0.1, 0.15) is 24.4 Å². The Balaban J connectivity index is 1.75. The molecule has 2 fully saturated rings. The van der Waals surface area contributed by atoms with Crippen molar-refractivity contribution in [1.82, 2.24) is 9.80 Å². The summed E-state index contributed by atoms with van der Waals surface area (Å²) in [6.07, 6.45) is 2.69. The number of piperazine rings is 1. The van der Waals surface area contributed by atoms with Gasteiger partial charge in [-0.15, -0.1) is 0 Å². The SMILES string of the molecule is COc1cccc(C(CN)N2CCN3CCCC3C2)c1. The van der Waals surface area contributed by atoms with Crippen molar-refractivity contribution in [3.8, 4) is 5.75 Å². The molecule has 2 atom stereocenters. The minimum absolute atomic E-state index is 0.313. The van der Waals surface area contributed by atoms with Gasteiger partial charge in [0.2, 0.25) is 0 Å². The van der Waals surface area contributed by atoms with E-state index in [0.717, 1.165) is 24.9 Å². The molecule has 2 N–H and O–H groups in total. The summed E-state index contributed by atoms with van der Waals surface area (Å²) < 4.78 is 5.34. The minimum Gasteiger partial charge on any atom is -0.497 e. The molecular formula is C16H25N3O. The van der Waals surface area contributed by atoms with E-state index >= 15 is 0 Å². The molecule has 1 aromatic rings. The van der Waals surface area contributed by atoms with Crippen LogP contribution in [0, 0.1) is 0 Å². The van der Waals surface area contributed by atoms with Gasteiger partial charge in [-0.3, -0.25) is 9.80 Å². The lowest BCUT2D eigenvalue weighted by molar-refractivity contribution is 0.0736. The van der Waals surface area contributed by atoms with Crippen molar-refractivity contribution in [3.63, 3.8) is 0 Å². The molecule has 0 bridgehead atoms. The van der Waals surface area contributed by atoms with Crippen LogP contribution >= 0.6 is 0 Å². The molecule has 110 valence electrons. The highest BCUT2D eigenvalue weighted by Crippen LogP contribution is 2.29. The Hall–Kier alpha value is -1.10. The Labute approximate surface area is 121 Å². The summed E-state index contributed by atoms with van der Waals surface area (Å²) in [6.45, 7) is 5.41. The van der Waals surface area contributed by atoms with Crippen molar-refractivity contribution in [2.75, 3.05) is 39.8 Å². The quantitative estimate of drug-likeness (QED) is 0.903. The second-order valence-electron chi connectivity index (χ2n) is 5.86. The maximum atomic E-state index is 6.07. The Bertz CT molecular complexity index is 451. The average Bonchev–Trinajstić information content (AvgIpc) is 2.96. The lowest BCUT2D eigenvalue weighted by Crippen LogP contribution is -2.52. The first-order chi connectivity index (χ1) is 9.81. The van der Waals surface area contributed by atoms with Crippen LogP contribution in [0.4, 0.5) is 0 Å². The van der Waals surface area contributed by atoms with Crippen molar-refractivity contribution in [3.05, 3.63) is 29.8 Å². The van der Waals surface area contributed by atoms with Gasteiger partial charge in [-0.25, -0.2) is 0 Å². The fraction of sp³-hybridized carbons (Fsp3) is 0.625. The second kappa shape index (κ2) is 6.12. The Kier molecular flexibility index (Phi) is 4.24. The van der Waals surface area contributed by atoms with Crippen LogP contribution in [-0.4, -0.2) is 55.7 Å². The van der Waals surface area contributed by atoms with Crippen molar-refractivity contribution in [1.29, 1.82) is 0 Å². The van der Waals surface area contributed by atoms with E-state index in [1.165, 1.54) is 31.5 Å². The predicted molar refractivity (Wildman–Crippen MR) is 81.0 cm³/mol. The first kappa shape index (κ1) is 13.9. The highest BCUT2D eigenvalue weighted by Gasteiger charge is 2.33. The number of rotatable bonds is 4. The number of ether oxygens (including phenoxy) is 1. The highest BCUT2D eigenvalue weighted by atomic mass is 16.5. The molecule has 1 aromatic carbocycles. The van der Waals surface area contributed by atoms with Crippen molar-refractivity contribution < 1.29 is 4.74 Å². The molecule has 0 aliphatic carbocycles. The predicted octanol–water partition coefficient (Wildman–Crippen LogP) is 1.47. The molecule has 2 saturated heterocycles. The van der Waals surface area contributed by atoms with Crippen LogP contribution in [0.5, 0.6) is 5.75 Å². The summed E-state index contributed by atoms with van der Waals surface area (Å²) in [5, 5.41) is 0. The topological polar surface area (TPSA) is 41.7 Å². The summed E-state index contributed by atoms with van der Waals surface area (Å²) in [5.41, 5.74) is 7.34. The van der Waals surface area contributed by atoms with Crippen molar-refractivity contribution in [2.24, 2.45) is 5.73 Å². The van der Waals surface area contributed by atoms with Gasteiger partial charge in [-0.2, -0.15) is 0 Å². The first-order valence-corrected chi connectivity index (χ1v) is 7.64. The standard InChI is InChI=1S/C16H25N3O/c1-20-15-6-2-4-13(10-15)16(11-17)19-9-8-18-7-3-5-14(18)12-19/h2,4,6,10,14,16H,3,5,7-9,11-12,17H2,1H3. The summed E-state index contributed by atoms with van der Waals surface area (Å²) in [6, 6.07) is 9.39. The molecule has 0 amide bonds. The largest absolute Gasteiger partial charge is 0.497 e. The molecule has 0 radical (unpaired) electrons. The Morgan fingerprint density at radius 1 is 1.35 bits per heavy atom. The zero-order chi connectivity index (χ0) is 13.9. The van der Waals surface area contributed by atoms with E-state index in [2.05, 4.69) is 28.0 Å². The third-order valence-corrected chi connectivity index (χ3v) is 4.76. The zero-order valence-electron chi connectivity index (χ0n) is 12.3. The smallest absolute Gasteiger partial charge is 0.119 e. The summed E-state index contributed by atoms with van der Waals surface area (Å²) >= 11 is 0. The number of nitrogens with two attached hydrogens (primary N) is 1. The van der Waals surface area contributed by atoms with E-state index in [0.29, 0.717) is 12.6 Å². The van der Waals surface area contributed by atoms with E-state index in [1.54, 1.807) is 7.11 Å². The minimum atomic E-state index is 0.313.